The van der Waals surface area contributed by atoms with Gasteiger partial charge in [-0.3, -0.25) is 14.4 Å². The predicted octanol–water partition coefficient (Wildman–Crippen LogP) is 0.853. The molecule has 1 unspecified atom stereocenters. The van der Waals surface area contributed by atoms with Crippen LogP contribution in [0.25, 0.3) is 0 Å². The third kappa shape index (κ3) is 3.86. The number of ketones is 1. The lowest BCUT2D eigenvalue weighted by Gasteiger charge is -2.12. The third-order valence-corrected chi connectivity index (χ3v) is 3.24. The number of H-pyrrole nitrogens is 1. The quantitative estimate of drug-likeness (QED) is 0.544. The molecule has 2 rings (SSSR count). The summed E-state index contributed by atoms with van der Waals surface area (Å²) < 4.78 is 0. The van der Waals surface area contributed by atoms with Crippen molar-refractivity contribution in [2.24, 2.45) is 5.73 Å². The maximum atomic E-state index is 12.1. The summed E-state index contributed by atoms with van der Waals surface area (Å²) >= 11 is 0. The van der Waals surface area contributed by atoms with Crippen LogP contribution >= 0.6 is 0 Å². The molecule has 1 aromatic carbocycles. The van der Waals surface area contributed by atoms with Gasteiger partial charge < -0.3 is 16.0 Å². The van der Waals surface area contributed by atoms with E-state index in [0.717, 1.165) is 0 Å². The Balaban J connectivity index is 2.10. The van der Waals surface area contributed by atoms with E-state index in [9.17, 15) is 14.4 Å². The smallest absolute Gasteiger partial charge is 0.251 e. The Morgan fingerprint density at radius 2 is 1.78 bits per heavy atom. The highest BCUT2D eigenvalue weighted by Gasteiger charge is 2.18. The summed E-state index contributed by atoms with van der Waals surface area (Å²) in [5.41, 5.74) is 6.46. The van der Waals surface area contributed by atoms with Crippen molar-refractivity contribution in [2.45, 2.75) is 12.5 Å². The molecule has 23 heavy (non-hydrogen) atoms. The van der Waals surface area contributed by atoms with Crippen molar-refractivity contribution < 1.29 is 14.4 Å². The van der Waals surface area contributed by atoms with Crippen molar-refractivity contribution in [1.29, 1.82) is 0 Å². The highest BCUT2D eigenvalue weighted by molar-refractivity contribution is 6.09. The summed E-state index contributed by atoms with van der Waals surface area (Å²) in [5, 5.41) is 2.46. The summed E-state index contributed by atoms with van der Waals surface area (Å²) in [6, 6.07) is 6.84. The molecule has 0 spiro atoms. The molecule has 0 radical (unpaired) electrons. The van der Waals surface area contributed by atoms with E-state index in [0.29, 0.717) is 16.7 Å². The Morgan fingerprint density at radius 1 is 1.13 bits per heavy atom. The minimum absolute atomic E-state index is 0.0190. The number of amides is 2. The van der Waals surface area contributed by atoms with Crippen molar-refractivity contribution >= 4 is 17.6 Å². The van der Waals surface area contributed by atoms with Crippen LogP contribution < -0.4 is 11.1 Å². The van der Waals surface area contributed by atoms with E-state index in [1.165, 1.54) is 12.1 Å². The second-order valence-corrected chi connectivity index (χ2v) is 4.84. The maximum absolute atomic E-state index is 12.1. The van der Waals surface area contributed by atoms with Gasteiger partial charge in [0.05, 0.1) is 0 Å². The Kier molecular flexibility index (Phi) is 4.95. The molecule has 1 heterocycles. The van der Waals surface area contributed by atoms with Crippen LogP contribution in [0, 0.1) is 12.3 Å². The molecule has 6 nitrogen and oxygen atoms in total. The van der Waals surface area contributed by atoms with Crippen LogP contribution in [0.3, 0.4) is 0 Å². The number of primary amides is 1. The molecule has 0 aliphatic heterocycles. The minimum atomic E-state index is -0.923. The average molecular weight is 309 g/mol. The maximum Gasteiger partial charge on any atom is 0.251 e. The van der Waals surface area contributed by atoms with Gasteiger partial charge in [-0.15, -0.1) is 12.3 Å². The third-order valence-electron chi connectivity index (χ3n) is 3.24. The fourth-order valence-corrected chi connectivity index (χ4v) is 1.99. The second-order valence-electron chi connectivity index (χ2n) is 4.84. The molecule has 1 atom stereocenters. The summed E-state index contributed by atoms with van der Waals surface area (Å²) in [6.07, 6.45) is 8.41. The second kappa shape index (κ2) is 7.09. The van der Waals surface area contributed by atoms with Gasteiger partial charge in [-0.2, -0.15) is 0 Å². The van der Waals surface area contributed by atoms with E-state index in [1.54, 1.807) is 30.6 Å². The lowest BCUT2D eigenvalue weighted by molar-refractivity contribution is -0.119. The zero-order chi connectivity index (χ0) is 16.8. The fourth-order valence-electron chi connectivity index (χ4n) is 1.99. The van der Waals surface area contributed by atoms with Crippen LogP contribution in [-0.4, -0.2) is 28.6 Å². The molecular formula is C17H15N3O3. The number of terminal acetylenes is 1. The van der Waals surface area contributed by atoms with Gasteiger partial charge >= 0.3 is 0 Å². The Morgan fingerprint density at radius 3 is 2.30 bits per heavy atom. The van der Waals surface area contributed by atoms with E-state index in [1.807, 2.05) is 0 Å². The summed E-state index contributed by atoms with van der Waals surface area (Å²) in [6.45, 7) is 0. The van der Waals surface area contributed by atoms with Crippen molar-refractivity contribution in [2.75, 3.05) is 0 Å². The predicted molar refractivity (Wildman–Crippen MR) is 84.6 cm³/mol. The fraction of sp³-hybridized carbons (Fsp3) is 0.118. The van der Waals surface area contributed by atoms with Gasteiger partial charge in [0.1, 0.15) is 6.04 Å². The molecule has 0 aliphatic rings. The van der Waals surface area contributed by atoms with Gasteiger partial charge in [-0.25, -0.2) is 0 Å². The zero-order valence-corrected chi connectivity index (χ0v) is 12.2. The number of benzene rings is 1. The first-order valence-electron chi connectivity index (χ1n) is 6.84. The Labute approximate surface area is 133 Å². The van der Waals surface area contributed by atoms with Gasteiger partial charge in [0.25, 0.3) is 5.91 Å². The molecule has 0 saturated heterocycles. The SMILES string of the molecule is C#CCC(NC(=O)c1ccc(C(=O)c2cc[nH]c2)cc1)C(N)=O. The molecule has 2 aromatic rings. The molecule has 0 saturated carbocycles. The molecule has 0 aliphatic carbocycles. The van der Waals surface area contributed by atoms with Crippen molar-refractivity contribution in [1.82, 2.24) is 10.3 Å². The van der Waals surface area contributed by atoms with Crippen LogP contribution in [0.15, 0.2) is 42.7 Å². The number of carbonyl (C=O) groups excluding carboxylic acids is 3. The number of hydrogen-bond acceptors (Lipinski definition) is 3. The monoisotopic (exact) mass is 309 g/mol. The summed E-state index contributed by atoms with van der Waals surface area (Å²) in [7, 11) is 0. The topological polar surface area (TPSA) is 105 Å². The van der Waals surface area contributed by atoms with Crippen LogP contribution in [0.5, 0.6) is 0 Å². The summed E-state index contributed by atoms with van der Waals surface area (Å²) in [5.74, 6) is 0.950. The van der Waals surface area contributed by atoms with Crippen LogP contribution in [-0.2, 0) is 4.79 Å². The van der Waals surface area contributed by atoms with Crippen molar-refractivity contribution in [3.05, 3.63) is 59.4 Å². The van der Waals surface area contributed by atoms with Gasteiger partial charge in [0, 0.05) is 35.5 Å². The molecule has 0 bridgehead atoms. The molecule has 6 heteroatoms. The normalized spacial score (nSPS) is 11.3. The van der Waals surface area contributed by atoms with E-state index < -0.39 is 17.9 Å². The van der Waals surface area contributed by atoms with E-state index in [4.69, 9.17) is 12.2 Å². The van der Waals surface area contributed by atoms with E-state index in [-0.39, 0.29) is 12.2 Å². The lowest BCUT2D eigenvalue weighted by atomic mass is 10.0. The minimum Gasteiger partial charge on any atom is -0.368 e. The Bertz CT molecular complexity index is 755. The standard InChI is InChI=1S/C17H15N3O3/c1-2-3-14(16(18)22)20-17(23)12-6-4-11(5-7-12)15(21)13-8-9-19-10-13/h1,4-10,14,19H,3H2,(H2,18,22)(H,20,23). The molecule has 4 N–H and O–H groups in total. The van der Waals surface area contributed by atoms with Gasteiger partial charge in [-0.1, -0.05) is 12.1 Å². The van der Waals surface area contributed by atoms with Crippen LogP contribution in [0.4, 0.5) is 0 Å². The number of carbonyl (C=O) groups is 3. The largest absolute Gasteiger partial charge is 0.368 e. The number of rotatable bonds is 6. The lowest BCUT2D eigenvalue weighted by Crippen LogP contribution is -2.44. The van der Waals surface area contributed by atoms with Crippen LogP contribution in [0.2, 0.25) is 0 Å². The zero-order valence-electron chi connectivity index (χ0n) is 12.2. The first kappa shape index (κ1) is 16.0. The van der Waals surface area contributed by atoms with Gasteiger partial charge in [0.2, 0.25) is 5.91 Å². The average Bonchev–Trinajstić information content (AvgIpc) is 3.08. The number of nitrogens with two attached hydrogens (primary N) is 1. The van der Waals surface area contributed by atoms with Gasteiger partial charge in [-0.05, 0) is 18.2 Å². The number of nitrogens with one attached hydrogen (secondary N) is 2. The number of aromatic amines is 1. The molecule has 116 valence electrons. The van der Waals surface area contributed by atoms with Crippen molar-refractivity contribution in [3.8, 4) is 12.3 Å². The number of aromatic nitrogens is 1. The van der Waals surface area contributed by atoms with Crippen LogP contribution in [0.1, 0.15) is 32.7 Å². The molecular weight excluding hydrogens is 294 g/mol. The molecule has 2 amide bonds. The van der Waals surface area contributed by atoms with Gasteiger partial charge in [0.15, 0.2) is 5.78 Å². The van der Waals surface area contributed by atoms with E-state index in [2.05, 4.69) is 16.2 Å². The first-order chi connectivity index (χ1) is 11.0. The highest BCUT2D eigenvalue weighted by atomic mass is 16.2. The molecule has 1 aromatic heterocycles. The highest BCUT2D eigenvalue weighted by Crippen LogP contribution is 2.11. The first-order valence-corrected chi connectivity index (χ1v) is 6.84. The number of hydrogen-bond donors (Lipinski definition) is 3. The Hall–Kier alpha value is -3.33. The van der Waals surface area contributed by atoms with Crippen molar-refractivity contribution in [3.63, 3.8) is 0 Å². The summed E-state index contributed by atoms with van der Waals surface area (Å²) in [4.78, 5) is 38.2. The van der Waals surface area contributed by atoms with E-state index >= 15 is 0 Å². The molecule has 0 fully saturated rings.